The number of carbonyl (C=O) groups is 1. The van der Waals surface area contributed by atoms with Crippen molar-refractivity contribution < 1.29 is 9.53 Å². The summed E-state index contributed by atoms with van der Waals surface area (Å²) in [5, 5.41) is 3.76. The molecule has 136 valence electrons. The van der Waals surface area contributed by atoms with E-state index < -0.39 is 0 Å². The summed E-state index contributed by atoms with van der Waals surface area (Å²) >= 11 is 6.37. The first kappa shape index (κ1) is 17.8. The van der Waals surface area contributed by atoms with Crippen LogP contribution in [0.5, 0.6) is 5.75 Å². The van der Waals surface area contributed by atoms with Crippen molar-refractivity contribution >= 4 is 51.2 Å². The number of ether oxygens (including phenoxy) is 1. The number of aryl methyl sites for hydroxylation is 1. The number of nitrogens with zero attached hydrogens (tertiary/aromatic N) is 1. The van der Waals surface area contributed by atoms with E-state index in [2.05, 4.69) is 28.2 Å². The van der Waals surface area contributed by atoms with Gasteiger partial charge in [0.05, 0.1) is 11.4 Å². The summed E-state index contributed by atoms with van der Waals surface area (Å²) in [5.74, 6) is 0.772. The molecule has 2 heterocycles. The number of amides is 1. The van der Waals surface area contributed by atoms with Gasteiger partial charge in [-0.3, -0.25) is 4.79 Å². The summed E-state index contributed by atoms with van der Waals surface area (Å²) in [7, 11) is 0. The number of para-hydroxylation sites is 2. The Kier molecular flexibility index (Phi) is 5.01. The minimum absolute atomic E-state index is 0.135. The molecule has 0 spiro atoms. The lowest BCUT2D eigenvalue weighted by Gasteiger charge is -2.10. The van der Waals surface area contributed by atoms with Crippen LogP contribution in [0.3, 0.4) is 0 Å². The van der Waals surface area contributed by atoms with Crippen LogP contribution in [0.4, 0.5) is 0 Å². The highest BCUT2D eigenvalue weighted by Crippen LogP contribution is 2.30. The Bertz CT molecular complexity index is 1070. The van der Waals surface area contributed by atoms with Gasteiger partial charge in [0.2, 0.25) is 0 Å². The monoisotopic (exact) mass is 394 g/mol. The molecule has 0 radical (unpaired) electrons. The summed E-state index contributed by atoms with van der Waals surface area (Å²) in [4.78, 5) is 12.6. The second kappa shape index (κ2) is 7.58. The van der Waals surface area contributed by atoms with Crippen LogP contribution in [-0.4, -0.2) is 21.4 Å². The number of thioether (sulfide) groups is 1. The summed E-state index contributed by atoms with van der Waals surface area (Å²) in [6.07, 6.45) is 3.97. The van der Waals surface area contributed by atoms with Gasteiger partial charge in [0.15, 0.2) is 0 Å². The Morgan fingerprint density at radius 2 is 1.96 bits per heavy atom. The molecule has 0 saturated carbocycles. The van der Waals surface area contributed by atoms with Crippen molar-refractivity contribution in [3.63, 3.8) is 0 Å². The molecule has 1 aliphatic heterocycles. The van der Waals surface area contributed by atoms with Crippen molar-refractivity contribution in [3.05, 3.63) is 70.8 Å². The van der Waals surface area contributed by atoms with Crippen molar-refractivity contribution in [2.24, 2.45) is 0 Å². The standard InChI is InChI=1S/C21H18N2O2S2/c1-14-6-2-5-9-18(14)25-11-10-23-13-15(16-7-3-4-8-17(16)23)12-19-20(24)22-21(26)27-19/h2-9,12-13H,10-11H2,1H3,(H,22,24,26)/b19-12-. The van der Waals surface area contributed by atoms with E-state index in [-0.39, 0.29) is 5.91 Å². The fourth-order valence-corrected chi connectivity index (χ4v) is 4.14. The lowest BCUT2D eigenvalue weighted by atomic mass is 10.1. The summed E-state index contributed by atoms with van der Waals surface area (Å²) in [6, 6.07) is 16.2. The number of hydrogen-bond donors (Lipinski definition) is 1. The van der Waals surface area contributed by atoms with Crippen molar-refractivity contribution in [2.45, 2.75) is 13.5 Å². The smallest absolute Gasteiger partial charge is 0.263 e. The van der Waals surface area contributed by atoms with Gasteiger partial charge in [0.1, 0.15) is 16.7 Å². The zero-order chi connectivity index (χ0) is 18.8. The highest BCUT2D eigenvalue weighted by molar-refractivity contribution is 8.26. The Balaban J connectivity index is 1.59. The van der Waals surface area contributed by atoms with Crippen LogP contribution in [-0.2, 0) is 11.3 Å². The molecular formula is C21H18N2O2S2. The maximum absolute atomic E-state index is 12.0. The number of hydrogen-bond acceptors (Lipinski definition) is 4. The van der Waals surface area contributed by atoms with E-state index in [9.17, 15) is 4.79 Å². The van der Waals surface area contributed by atoms with Gasteiger partial charge in [-0.15, -0.1) is 0 Å². The molecule has 27 heavy (non-hydrogen) atoms. The average molecular weight is 395 g/mol. The lowest BCUT2D eigenvalue weighted by Crippen LogP contribution is -2.17. The minimum atomic E-state index is -0.135. The van der Waals surface area contributed by atoms with Gasteiger partial charge in [-0.2, -0.15) is 0 Å². The number of benzene rings is 2. The van der Waals surface area contributed by atoms with Gasteiger partial charge in [0, 0.05) is 22.7 Å². The summed E-state index contributed by atoms with van der Waals surface area (Å²) < 4.78 is 8.61. The first-order valence-corrected chi connectivity index (χ1v) is 9.85. The van der Waals surface area contributed by atoms with Gasteiger partial charge in [0.25, 0.3) is 5.91 Å². The Labute approximate surface area is 167 Å². The van der Waals surface area contributed by atoms with Gasteiger partial charge >= 0.3 is 0 Å². The van der Waals surface area contributed by atoms with E-state index in [0.717, 1.165) is 34.3 Å². The number of nitrogens with one attached hydrogen (secondary N) is 1. The number of thiocarbonyl (C=S) groups is 1. The maximum atomic E-state index is 12.0. The quantitative estimate of drug-likeness (QED) is 0.510. The highest BCUT2D eigenvalue weighted by atomic mass is 32.2. The van der Waals surface area contributed by atoms with Crippen LogP contribution in [0.15, 0.2) is 59.6 Å². The first-order valence-electron chi connectivity index (χ1n) is 8.63. The van der Waals surface area contributed by atoms with Gasteiger partial charge < -0.3 is 14.6 Å². The Hall–Kier alpha value is -2.57. The molecule has 1 fully saturated rings. The number of fused-ring (bicyclic) bond motifs is 1. The molecule has 3 aromatic rings. The van der Waals surface area contributed by atoms with E-state index in [0.29, 0.717) is 15.8 Å². The molecule has 6 heteroatoms. The topological polar surface area (TPSA) is 43.3 Å². The van der Waals surface area contributed by atoms with Crippen molar-refractivity contribution in [2.75, 3.05) is 6.61 Å². The first-order chi connectivity index (χ1) is 13.1. The highest BCUT2D eigenvalue weighted by Gasteiger charge is 2.22. The third-order valence-electron chi connectivity index (χ3n) is 4.43. The molecule has 1 N–H and O–H groups in total. The van der Waals surface area contributed by atoms with Crippen molar-refractivity contribution in [3.8, 4) is 5.75 Å². The molecule has 2 aromatic carbocycles. The molecule has 4 rings (SSSR count). The fraction of sp³-hybridized carbons (Fsp3) is 0.143. The zero-order valence-corrected chi connectivity index (χ0v) is 16.4. The zero-order valence-electron chi connectivity index (χ0n) is 14.8. The fourth-order valence-electron chi connectivity index (χ4n) is 3.11. The van der Waals surface area contributed by atoms with Crippen LogP contribution in [0.25, 0.3) is 17.0 Å². The van der Waals surface area contributed by atoms with Crippen molar-refractivity contribution in [1.29, 1.82) is 0 Å². The second-order valence-corrected chi connectivity index (χ2v) is 7.98. The summed E-state index contributed by atoms with van der Waals surface area (Å²) in [5.41, 5.74) is 3.24. The third kappa shape index (κ3) is 3.77. The third-order valence-corrected chi connectivity index (χ3v) is 5.59. The van der Waals surface area contributed by atoms with E-state index in [1.165, 1.54) is 11.8 Å². The SMILES string of the molecule is Cc1ccccc1OCCn1cc(/C=C2\SC(=S)NC2=O)c2ccccc21. The van der Waals surface area contributed by atoms with Crippen molar-refractivity contribution in [1.82, 2.24) is 9.88 Å². The van der Waals surface area contributed by atoms with Crippen LogP contribution in [0, 0.1) is 6.92 Å². The molecule has 4 nitrogen and oxygen atoms in total. The molecule has 1 aliphatic rings. The van der Waals surface area contributed by atoms with Gasteiger partial charge in [-0.1, -0.05) is 60.4 Å². The van der Waals surface area contributed by atoms with Crippen LogP contribution >= 0.6 is 24.0 Å². The molecule has 1 aromatic heterocycles. The Morgan fingerprint density at radius 1 is 1.19 bits per heavy atom. The molecule has 0 unspecified atom stereocenters. The molecule has 1 saturated heterocycles. The Morgan fingerprint density at radius 3 is 2.74 bits per heavy atom. The van der Waals surface area contributed by atoms with E-state index in [1.807, 2.05) is 49.4 Å². The van der Waals surface area contributed by atoms with Gasteiger partial charge in [-0.25, -0.2) is 0 Å². The largest absolute Gasteiger partial charge is 0.491 e. The number of carbonyl (C=O) groups excluding carboxylic acids is 1. The normalized spacial score (nSPS) is 15.5. The molecule has 1 amide bonds. The lowest BCUT2D eigenvalue weighted by molar-refractivity contribution is -0.115. The van der Waals surface area contributed by atoms with E-state index in [1.54, 1.807) is 0 Å². The van der Waals surface area contributed by atoms with Crippen LogP contribution in [0.2, 0.25) is 0 Å². The second-order valence-electron chi connectivity index (χ2n) is 6.26. The van der Waals surface area contributed by atoms with E-state index >= 15 is 0 Å². The average Bonchev–Trinajstić information content (AvgIpc) is 3.17. The van der Waals surface area contributed by atoms with Crippen LogP contribution < -0.4 is 10.1 Å². The molecule has 0 bridgehead atoms. The molecule has 0 atom stereocenters. The molecule has 0 aliphatic carbocycles. The predicted molar refractivity (Wildman–Crippen MR) is 115 cm³/mol. The minimum Gasteiger partial charge on any atom is -0.491 e. The number of aromatic nitrogens is 1. The van der Waals surface area contributed by atoms with Gasteiger partial charge in [-0.05, 0) is 30.7 Å². The summed E-state index contributed by atoms with van der Waals surface area (Å²) in [6.45, 7) is 3.33. The molecular weight excluding hydrogens is 376 g/mol. The number of rotatable bonds is 5. The van der Waals surface area contributed by atoms with Crippen LogP contribution in [0.1, 0.15) is 11.1 Å². The maximum Gasteiger partial charge on any atom is 0.263 e. The van der Waals surface area contributed by atoms with E-state index in [4.69, 9.17) is 17.0 Å². The predicted octanol–water partition coefficient (Wildman–Crippen LogP) is 4.52.